The minimum absolute atomic E-state index is 0.000872. The summed E-state index contributed by atoms with van der Waals surface area (Å²) in [4.78, 5) is 3.50. The summed E-state index contributed by atoms with van der Waals surface area (Å²) >= 11 is 0. The number of aromatic nitrogens is 1. The molecule has 0 N–H and O–H groups in total. The molecule has 1 unspecified atom stereocenters. The second-order valence-corrected chi connectivity index (χ2v) is 7.93. The number of pyridine rings is 1. The van der Waals surface area contributed by atoms with Crippen LogP contribution in [0.5, 0.6) is 0 Å². The van der Waals surface area contributed by atoms with Crippen molar-refractivity contribution >= 4 is 27.6 Å². The first kappa shape index (κ1) is 13.2. The number of fused-ring (bicyclic) bond motifs is 3. The molecule has 3 nitrogen and oxygen atoms in total. The molecule has 0 saturated heterocycles. The van der Waals surface area contributed by atoms with Crippen molar-refractivity contribution in [3.8, 4) is 11.3 Å². The Kier molecular flexibility index (Phi) is 3.22. The van der Waals surface area contributed by atoms with Crippen molar-refractivity contribution < 1.29 is 18.6 Å². The topological polar surface area (TPSA) is 21.4 Å². The molecule has 0 saturated carbocycles. The summed E-state index contributed by atoms with van der Waals surface area (Å²) in [5, 5.41) is 1.24. The Labute approximate surface area is 188 Å². The summed E-state index contributed by atoms with van der Waals surface area (Å²) in [6, 6.07) is 7.13. The molecule has 0 amide bonds. The van der Waals surface area contributed by atoms with Crippen LogP contribution < -0.4 is 4.57 Å². The predicted molar refractivity (Wildman–Crippen MR) is 124 cm³/mol. The van der Waals surface area contributed by atoms with Crippen molar-refractivity contribution in [3.63, 3.8) is 0 Å². The maximum absolute atomic E-state index is 9.07. The molecule has 0 spiro atoms. The van der Waals surface area contributed by atoms with Gasteiger partial charge < -0.3 is 4.42 Å². The van der Waals surface area contributed by atoms with E-state index in [0.717, 1.165) is 5.56 Å². The summed E-state index contributed by atoms with van der Waals surface area (Å²) in [5.74, 6) is -3.30. The van der Waals surface area contributed by atoms with Crippen LogP contribution >= 0.6 is 0 Å². The lowest BCUT2D eigenvalue weighted by molar-refractivity contribution is -0.666. The number of furan rings is 1. The molecule has 0 fully saturated rings. The fraction of sp³-hybridized carbons (Fsp3) is 0.333. The van der Waals surface area contributed by atoms with Gasteiger partial charge in [-0.05, 0) is 29.8 Å². The van der Waals surface area contributed by atoms with Crippen molar-refractivity contribution in [2.75, 3.05) is 0 Å². The zero-order valence-corrected chi connectivity index (χ0v) is 18.1. The van der Waals surface area contributed by atoms with Gasteiger partial charge in [0.25, 0.3) is 0 Å². The highest BCUT2D eigenvalue weighted by Gasteiger charge is 2.25. The van der Waals surface area contributed by atoms with E-state index in [4.69, 9.17) is 20.6 Å². The first-order valence-corrected chi connectivity index (χ1v) is 9.82. The fourth-order valence-electron chi connectivity index (χ4n) is 3.89. The van der Waals surface area contributed by atoms with Crippen LogP contribution in [0.1, 0.15) is 71.4 Å². The fourth-order valence-corrected chi connectivity index (χ4v) is 3.89. The first-order valence-electron chi connectivity index (χ1n) is 13.3. The molecule has 0 aliphatic rings. The maximum atomic E-state index is 9.07. The minimum Gasteiger partial charge on any atom is -0.456 e. The number of benzene rings is 2. The van der Waals surface area contributed by atoms with Crippen molar-refractivity contribution in [1.29, 1.82) is 0 Å². The Hall–Kier alpha value is -3.12. The highest BCUT2D eigenvalue weighted by molar-refractivity contribution is 6.11. The Balaban J connectivity index is 2.24. The number of aryl methyl sites for hydroxylation is 1. The third-order valence-corrected chi connectivity index (χ3v) is 5.62. The second-order valence-electron chi connectivity index (χ2n) is 7.93. The normalized spacial score (nSPS) is 17.8. The van der Waals surface area contributed by atoms with E-state index in [1.807, 2.05) is 19.1 Å². The van der Waals surface area contributed by atoms with Gasteiger partial charge in [0.1, 0.15) is 18.2 Å². The van der Waals surface area contributed by atoms with Gasteiger partial charge in [-0.25, -0.2) is 4.85 Å². The maximum Gasteiger partial charge on any atom is 0.216 e. The molecule has 152 valence electrons. The van der Waals surface area contributed by atoms with Crippen LogP contribution in [-0.2, 0) is 7.05 Å². The van der Waals surface area contributed by atoms with Gasteiger partial charge in [-0.1, -0.05) is 51.9 Å². The molecule has 4 aromatic rings. The molecular formula is C27H29N2O+. The highest BCUT2D eigenvalue weighted by Crippen LogP contribution is 2.42. The van der Waals surface area contributed by atoms with E-state index in [1.165, 1.54) is 13.0 Å². The van der Waals surface area contributed by atoms with Crippen LogP contribution in [0.2, 0.25) is 0 Å². The predicted octanol–water partition coefficient (Wildman–Crippen LogP) is 7.49. The molecule has 2 aromatic carbocycles. The lowest BCUT2D eigenvalue weighted by Gasteiger charge is -2.11. The summed E-state index contributed by atoms with van der Waals surface area (Å²) in [5.41, 5.74) is 3.33. The summed E-state index contributed by atoms with van der Waals surface area (Å²) < 4.78 is 67.1. The van der Waals surface area contributed by atoms with Crippen molar-refractivity contribution in [3.05, 3.63) is 70.2 Å². The third kappa shape index (κ3) is 2.99. The average Bonchev–Trinajstić information content (AvgIpc) is 3.15. The standard InChI is InChI=1S/C27H29N2O/c1-15(2)19-13-18(6)29(8)23(14-19)25-17(5)9-10-20-21-11-12-22(28-7)24(16(3)4)26(21)30-27(20)25/h9-16H,1-6,8H3/q+1/i3D3,13D,14D,15D,16D. The monoisotopic (exact) mass is 404 g/mol. The zero-order chi connectivity index (χ0) is 27.8. The highest BCUT2D eigenvalue weighted by atomic mass is 16.3. The van der Waals surface area contributed by atoms with Gasteiger partial charge in [0.15, 0.2) is 11.4 Å². The van der Waals surface area contributed by atoms with E-state index >= 15 is 0 Å². The van der Waals surface area contributed by atoms with Crippen molar-refractivity contribution in [2.24, 2.45) is 7.05 Å². The van der Waals surface area contributed by atoms with Gasteiger partial charge in [-0.3, -0.25) is 0 Å². The molecule has 1 atom stereocenters. The number of hydrogen-bond donors (Lipinski definition) is 0. The largest absolute Gasteiger partial charge is 0.456 e. The van der Waals surface area contributed by atoms with Crippen LogP contribution in [0.25, 0.3) is 38.0 Å². The van der Waals surface area contributed by atoms with Gasteiger partial charge in [0.2, 0.25) is 5.69 Å². The molecule has 0 bridgehead atoms. The van der Waals surface area contributed by atoms with E-state index < -0.39 is 18.6 Å². The van der Waals surface area contributed by atoms with Crippen LogP contribution in [-0.4, -0.2) is 0 Å². The van der Waals surface area contributed by atoms with E-state index in [0.29, 0.717) is 38.9 Å². The molecular weight excluding hydrogens is 368 g/mol. The molecule has 4 rings (SSSR count). The molecule has 0 aliphatic heterocycles. The van der Waals surface area contributed by atoms with Crippen molar-refractivity contribution in [1.82, 2.24) is 0 Å². The molecule has 0 radical (unpaired) electrons. The third-order valence-electron chi connectivity index (χ3n) is 5.62. The Bertz CT molecular complexity index is 1630. The van der Waals surface area contributed by atoms with E-state index in [-0.39, 0.29) is 28.9 Å². The molecule has 30 heavy (non-hydrogen) atoms. The Morgan fingerprint density at radius 3 is 2.43 bits per heavy atom. The molecule has 2 heterocycles. The van der Waals surface area contributed by atoms with Crippen LogP contribution in [0.3, 0.4) is 0 Å². The lowest BCUT2D eigenvalue weighted by Crippen LogP contribution is -2.35. The van der Waals surface area contributed by atoms with Crippen molar-refractivity contribution in [2.45, 2.75) is 53.3 Å². The molecule has 3 heteroatoms. The minimum atomic E-state index is -2.71. The van der Waals surface area contributed by atoms with E-state index in [9.17, 15) is 0 Å². The molecule has 2 aromatic heterocycles. The van der Waals surface area contributed by atoms with E-state index in [2.05, 4.69) is 4.85 Å². The van der Waals surface area contributed by atoms with Gasteiger partial charge in [-0.2, -0.15) is 4.57 Å². The van der Waals surface area contributed by atoms with E-state index in [1.54, 1.807) is 38.5 Å². The second kappa shape index (κ2) is 7.29. The SMILES string of the molecule is [2H]c1c(C([2H])(C)C)c([2H])c(-c2c(C)ccc3c2oc2c(C([2H])(C)C([2H])([2H])[2H])c([N+]#[C-])ccc23)[n+](C)c1C. The first-order chi connectivity index (χ1) is 16.9. The quantitative estimate of drug-likeness (QED) is 0.256. The number of nitrogens with zero attached hydrogens (tertiary/aromatic N) is 2. The van der Waals surface area contributed by atoms with Gasteiger partial charge in [-0.15, -0.1) is 0 Å². The zero-order valence-electron chi connectivity index (χ0n) is 25.1. The smallest absolute Gasteiger partial charge is 0.216 e. The average molecular weight is 405 g/mol. The van der Waals surface area contributed by atoms with Gasteiger partial charge >= 0.3 is 0 Å². The van der Waals surface area contributed by atoms with Crippen LogP contribution in [0.15, 0.2) is 40.8 Å². The summed E-state index contributed by atoms with van der Waals surface area (Å²) in [7, 11) is 1.76. The van der Waals surface area contributed by atoms with Crippen LogP contribution in [0.4, 0.5) is 5.69 Å². The Morgan fingerprint density at radius 1 is 1.07 bits per heavy atom. The summed E-state index contributed by atoms with van der Waals surface area (Å²) in [6.07, 6.45) is 0. The van der Waals surface area contributed by atoms with Gasteiger partial charge in [0.05, 0.1) is 14.9 Å². The van der Waals surface area contributed by atoms with Gasteiger partial charge in [0, 0.05) is 42.2 Å². The van der Waals surface area contributed by atoms with Crippen LogP contribution in [0, 0.1) is 20.4 Å². The number of hydrogen-bond acceptors (Lipinski definition) is 1. The molecule has 0 aliphatic carbocycles. The lowest BCUT2D eigenvalue weighted by atomic mass is 9.95. The number of rotatable bonds is 3. The summed E-state index contributed by atoms with van der Waals surface area (Å²) in [6.45, 7) is 13.1. The Morgan fingerprint density at radius 2 is 1.77 bits per heavy atom.